The van der Waals surface area contributed by atoms with Crippen LogP contribution in [0.15, 0.2) is 23.2 Å². The molecule has 0 bridgehead atoms. The number of esters is 1. The highest BCUT2D eigenvalue weighted by Gasteiger charge is 2.39. The number of amides is 1. The summed E-state index contributed by atoms with van der Waals surface area (Å²) in [5, 5.41) is 2.77. The van der Waals surface area contributed by atoms with Crippen molar-refractivity contribution in [2.75, 3.05) is 25.0 Å². The van der Waals surface area contributed by atoms with E-state index in [0.717, 1.165) is 5.56 Å². The monoisotopic (exact) mass is 462 g/mol. The van der Waals surface area contributed by atoms with Gasteiger partial charge >= 0.3 is 5.97 Å². The molecule has 1 aliphatic rings. The Morgan fingerprint density at radius 3 is 2.56 bits per heavy atom. The molecule has 0 aromatic carbocycles. The third-order valence-corrected chi connectivity index (χ3v) is 7.95. The zero-order valence-corrected chi connectivity index (χ0v) is 20.0. The summed E-state index contributed by atoms with van der Waals surface area (Å²) in [5.74, 6) is -1.02. The van der Waals surface area contributed by atoms with Gasteiger partial charge in [-0.1, -0.05) is 6.07 Å². The summed E-state index contributed by atoms with van der Waals surface area (Å²) in [4.78, 5) is 29.5. The molecule has 3 rings (SSSR count). The lowest BCUT2D eigenvalue weighted by Gasteiger charge is -2.31. The zero-order valence-electron chi connectivity index (χ0n) is 19.1. The molecule has 0 spiro atoms. The van der Waals surface area contributed by atoms with E-state index in [0.29, 0.717) is 30.0 Å². The van der Waals surface area contributed by atoms with Gasteiger partial charge < -0.3 is 14.6 Å². The van der Waals surface area contributed by atoms with Gasteiger partial charge in [-0.15, -0.1) is 0 Å². The van der Waals surface area contributed by atoms with Gasteiger partial charge in [0.05, 0.1) is 12.5 Å². The number of anilines is 1. The summed E-state index contributed by atoms with van der Waals surface area (Å²) in [6, 6.07) is 3.56. The van der Waals surface area contributed by atoms with Gasteiger partial charge in [0.1, 0.15) is 16.3 Å². The average Bonchev–Trinajstić information content (AvgIpc) is 3.00. The quantitative estimate of drug-likeness (QED) is 0.661. The number of aryl methyl sites for hydroxylation is 1. The Balaban J connectivity index is 1.87. The minimum Gasteiger partial charge on any atom is -0.462 e. The summed E-state index contributed by atoms with van der Waals surface area (Å²) in [6.45, 7) is 7.40. The number of nitrogens with zero attached hydrogens (tertiary/aromatic N) is 3. The lowest BCUT2D eigenvalue weighted by Crippen LogP contribution is -2.44. The molecule has 1 aliphatic heterocycles. The van der Waals surface area contributed by atoms with Crippen LogP contribution in [0, 0.1) is 26.7 Å². The number of aromatic nitrogens is 2. The Labute approximate surface area is 188 Å². The molecule has 1 atom stereocenters. The fourth-order valence-electron chi connectivity index (χ4n) is 3.95. The van der Waals surface area contributed by atoms with E-state index in [1.807, 2.05) is 13.0 Å². The molecule has 3 heterocycles. The highest BCUT2D eigenvalue weighted by Crippen LogP contribution is 2.32. The highest BCUT2D eigenvalue weighted by atomic mass is 32.2. The molecule has 1 N–H and O–H groups in total. The summed E-state index contributed by atoms with van der Waals surface area (Å²) in [6.07, 6.45) is 2.77. The first-order chi connectivity index (χ1) is 15.1. The normalized spacial score (nSPS) is 17.2. The number of nitrogens with one attached hydrogen (secondary N) is 1. The number of pyridine rings is 1. The minimum absolute atomic E-state index is 0.0374. The molecule has 10 heteroatoms. The molecule has 1 fully saturated rings. The lowest BCUT2D eigenvalue weighted by molar-refractivity contribution is -0.120. The molecule has 32 heavy (non-hydrogen) atoms. The van der Waals surface area contributed by atoms with Gasteiger partial charge in [0.2, 0.25) is 15.9 Å². The Hall–Kier alpha value is -2.72. The van der Waals surface area contributed by atoms with Crippen molar-refractivity contribution in [1.29, 1.82) is 0 Å². The van der Waals surface area contributed by atoms with Crippen molar-refractivity contribution >= 4 is 27.7 Å². The second-order valence-electron chi connectivity index (χ2n) is 8.07. The number of piperidine rings is 1. The molecule has 0 aliphatic carbocycles. The van der Waals surface area contributed by atoms with Gasteiger partial charge in [-0.05, 0) is 52.2 Å². The number of carbonyl (C=O) groups excluding carboxylic acids is 2. The highest BCUT2D eigenvalue weighted by molar-refractivity contribution is 7.89. The zero-order chi connectivity index (χ0) is 23.6. The summed E-state index contributed by atoms with van der Waals surface area (Å²) in [7, 11) is -2.30. The van der Waals surface area contributed by atoms with Gasteiger partial charge in [-0.25, -0.2) is 18.2 Å². The van der Waals surface area contributed by atoms with E-state index in [4.69, 9.17) is 4.74 Å². The van der Waals surface area contributed by atoms with E-state index in [-0.39, 0.29) is 36.1 Å². The fourth-order valence-corrected chi connectivity index (χ4v) is 5.95. The summed E-state index contributed by atoms with van der Waals surface area (Å²) < 4.78 is 35.4. The van der Waals surface area contributed by atoms with E-state index in [2.05, 4.69) is 10.3 Å². The first-order valence-electron chi connectivity index (χ1n) is 10.6. The lowest BCUT2D eigenvalue weighted by atomic mass is 9.99. The summed E-state index contributed by atoms with van der Waals surface area (Å²) in [5.41, 5.74) is 2.02. The van der Waals surface area contributed by atoms with Crippen molar-refractivity contribution in [3.05, 3.63) is 40.8 Å². The first-order valence-corrected chi connectivity index (χ1v) is 12.1. The van der Waals surface area contributed by atoms with Crippen molar-refractivity contribution < 1.29 is 22.7 Å². The van der Waals surface area contributed by atoms with E-state index in [1.54, 1.807) is 44.6 Å². The molecule has 2 aromatic rings. The van der Waals surface area contributed by atoms with Crippen LogP contribution in [-0.2, 0) is 26.6 Å². The van der Waals surface area contributed by atoms with Crippen molar-refractivity contribution in [1.82, 2.24) is 13.9 Å². The molecule has 1 amide bonds. The Bertz CT molecular complexity index is 1120. The summed E-state index contributed by atoms with van der Waals surface area (Å²) >= 11 is 0. The molecule has 2 aromatic heterocycles. The van der Waals surface area contributed by atoms with Crippen molar-refractivity contribution in [3.8, 4) is 0 Å². The van der Waals surface area contributed by atoms with Crippen molar-refractivity contribution in [3.63, 3.8) is 0 Å². The molecule has 0 radical (unpaired) electrons. The Morgan fingerprint density at radius 2 is 1.94 bits per heavy atom. The number of sulfonamides is 1. The van der Waals surface area contributed by atoms with Crippen molar-refractivity contribution in [2.45, 2.75) is 45.4 Å². The molecular weight excluding hydrogens is 432 g/mol. The van der Waals surface area contributed by atoms with Crippen LogP contribution in [0.5, 0.6) is 0 Å². The Morgan fingerprint density at radius 1 is 1.22 bits per heavy atom. The van der Waals surface area contributed by atoms with Crippen LogP contribution >= 0.6 is 0 Å². The number of rotatable bonds is 6. The van der Waals surface area contributed by atoms with Gasteiger partial charge in [0.25, 0.3) is 0 Å². The van der Waals surface area contributed by atoms with Crippen LogP contribution in [-0.4, -0.2) is 53.8 Å². The fraction of sp³-hybridized carbons (Fsp3) is 0.500. The maximum Gasteiger partial charge on any atom is 0.341 e. The molecule has 174 valence electrons. The third kappa shape index (κ3) is 4.56. The van der Waals surface area contributed by atoms with Crippen LogP contribution in [0.2, 0.25) is 0 Å². The van der Waals surface area contributed by atoms with E-state index < -0.39 is 21.9 Å². The molecule has 0 saturated carbocycles. The standard InChI is InChI=1S/C22H30N4O5S/c1-6-31-22(28)19-15(3)25(5)16(4)20(19)32(29,30)26-11-7-8-17(13-26)21(27)24-18-10-9-14(2)12-23-18/h9-10,12,17H,6-8,11,13H2,1-5H3,(H,23,24,27)/t17-/m1/s1. The minimum atomic E-state index is -4.02. The molecular formula is C22H30N4O5S. The van der Waals surface area contributed by atoms with Gasteiger partial charge in [0.15, 0.2) is 0 Å². The molecule has 0 unspecified atom stereocenters. The second kappa shape index (κ2) is 9.41. The average molecular weight is 463 g/mol. The smallest absolute Gasteiger partial charge is 0.341 e. The molecule has 9 nitrogen and oxygen atoms in total. The van der Waals surface area contributed by atoms with Crippen LogP contribution in [0.4, 0.5) is 5.82 Å². The van der Waals surface area contributed by atoms with Gasteiger partial charge in [-0.3, -0.25) is 4.79 Å². The number of ether oxygens (including phenoxy) is 1. The SMILES string of the molecule is CCOC(=O)c1c(S(=O)(=O)N2CCC[C@@H](C(=O)Nc3ccc(C)cn3)C2)c(C)n(C)c1C. The largest absolute Gasteiger partial charge is 0.462 e. The van der Waals surface area contributed by atoms with Crippen LogP contribution < -0.4 is 5.32 Å². The second-order valence-corrected chi connectivity index (χ2v) is 9.94. The number of carbonyl (C=O) groups is 2. The number of hydrogen-bond acceptors (Lipinski definition) is 6. The Kier molecular flexibility index (Phi) is 7.04. The predicted octanol–water partition coefficient (Wildman–Crippen LogP) is 2.56. The van der Waals surface area contributed by atoms with Crippen LogP contribution in [0.25, 0.3) is 0 Å². The third-order valence-electron chi connectivity index (χ3n) is 5.92. The first kappa shape index (κ1) is 23.9. The van der Waals surface area contributed by atoms with Crippen LogP contribution in [0.1, 0.15) is 47.1 Å². The van der Waals surface area contributed by atoms with E-state index >= 15 is 0 Å². The van der Waals surface area contributed by atoms with Crippen LogP contribution in [0.3, 0.4) is 0 Å². The number of hydrogen-bond donors (Lipinski definition) is 1. The van der Waals surface area contributed by atoms with E-state index in [9.17, 15) is 18.0 Å². The van der Waals surface area contributed by atoms with Gasteiger partial charge in [0, 0.05) is 37.7 Å². The molecule has 1 saturated heterocycles. The van der Waals surface area contributed by atoms with E-state index in [1.165, 1.54) is 4.31 Å². The topological polar surface area (TPSA) is 111 Å². The van der Waals surface area contributed by atoms with Crippen molar-refractivity contribution in [2.24, 2.45) is 13.0 Å². The predicted molar refractivity (Wildman–Crippen MR) is 120 cm³/mol. The maximum absolute atomic E-state index is 13.6. The van der Waals surface area contributed by atoms with Gasteiger partial charge in [-0.2, -0.15) is 4.31 Å². The maximum atomic E-state index is 13.6.